The van der Waals surface area contributed by atoms with Crippen molar-refractivity contribution >= 4 is 23.6 Å². The van der Waals surface area contributed by atoms with Crippen LogP contribution < -0.4 is 5.32 Å². The van der Waals surface area contributed by atoms with Crippen LogP contribution in [-0.4, -0.2) is 34.5 Å². The normalized spacial score (nSPS) is 12.2. The summed E-state index contributed by atoms with van der Waals surface area (Å²) in [5.41, 5.74) is 6.37. The molecule has 0 aromatic heterocycles. The van der Waals surface area contributed by atoms with Crippen molar-refractivity contribution in [1.82, 2.24) is 5.32 Å². The van der Waals surface area contributed by atoms with E-state index in [2.05, 4.69) is 79.8 Å². The first-order chi connectivity index (χ1) is 15.3. The third-order valence-electron chi connectivity index (χ3n) is 5.02. The van der Waals surface area contributed by atoms with E-state index in [9.17, 15) is 14.7 Å². The number of hydrogen-bond donors (Lipinski definition) is 2. The van der Waals surface area contributed by atoms with Gasteiger partial charge < -0.3 is 10.4 Å². The maximum atomic E-state index is 11.3. The van der Waals surface area contributed by atoms with Gasteiger partial charge in [0.1, 0.15) is 6.04 Å². The van der Waals surface area contributed by atoms with Crippen molar-refractivity contribution in [1.29, 1.82) is 0 Å². The number of thioether (sulfide) groups is 1. The Kier molecular flexibility index (Phi) is 10.8. The standard InChI is InChI=1S/C27H33NO3S/c1-20(2)9-10-23(17-18-32-19-26(27(30)31)28-21(3)29)12-11-22-13-15-25(16-14-22)24-7-5-4-6-8-24/h4-9,13-17,26H,10-12,18-19H2,1-3H3,(H,28,29)(H,30,31)/b23-17+/t26-/m0/s1. The summed E-state index contributed by atoms with van der Waals surface area (Å²) < 4.78 is 0. The smallest absolute Gasteiger partial charge is 0.327 e. The molecule has 0 saturated carbocycles. The van der Waals surface area contributed by atoms with Gasteiger partial charge in [0.15, 0.2) is 0 Å². The number of hydrogen-bond acceptors (Lipinski definition) is 3. The molecule has 1 atom stereocenters. The number of carbonyl (C=O) groups is 2. The lowest BCUT2D eigenvalue weighted by atomic mass is 9.99. The van der Waals surface area contributed by atoms with Gasteiger partial charge in [-0.1, -0.05) is 77.9 Å². The van der Waals surface area contributed by atoms with Gasteiger partial charge in [-0.25, -0.2) is 4.79 Å². The highest BCUT2D eigenvalue weighted by molar-refractivity contribution is 7.99. The van der Waals surface area contributed by atoms with Crippen LogP contribution in [0.4, 0.5) is 0 Å². The summed E-state index contributed by atoms with van der Waals surface area (Å²) in [7, 11) is 0. The van der Waals surface area contributed by atoms with Crippen LogP contribution in [0.1, 0.15) is 39.2 Å². The van der Waals surface area contributed by atoms with E-state index in [0.29, 0.717) is 5.75 Å². The number of amides is 1. The fraction of sp³-hybridized carbons (Fsp3) is 0.333. The van der Waals surface area contributed by atoms with Crippen LogP contribution in [0, 0.1) is 0 Å². The maximum absolute atomic E-state index is 11.3. The predicted molar refractivity (Wildman–Crippen MR) is 135 cm³/mol. The summed E-state index contributed by atoms with van der Waals surface area (Å²) in [5.74, 6) is -0.249. The van der Waals surface area contributed by atoms with Gasteiger partial charge in [0.05, 0.1) is 0 Å². The Hall–Kier alpha value is -2.79. The van der Waals surface area contributed by atoms with Gasteiger partial charge in [-0.05, 0) is 49.8 Å². The van der Waals surface area contributed by atoms with E-state index in [1.165, 1.54) is 46.5 Å². The zero-order valence-electron chi connectivity index (χ0n) is 19.1. The van der Waals surface area contributed by atoms with Gasteiger partial charge >= 0.3 is 5.97 Å². The molecule has 0 spiro atoms. The van der Waals surface area contributed by atoms with Gasteiger partial charge in [-0.2, -0.15) is 11.8 Å². The first-order valence-corrected chi connectivity index (χ1v) is 12.0. The van der Waals surface area contributed by atoms with Crippen LogP contribution >= 0.6 is 11.8 Å². The van der Waals surface area contributed by atoms with Gasteiger partial charge in [0.25, 0.3) is 0 Å². The second-order valence-electron chi connectivity index (χ2n) is 8.04. The molecule has 0 bridgehead atoms. The lowest BCUT2D eigenvalue weighted by molar-refractivity contribution is -0.140. The molecular formula is C27H33NO3S. The lowest BCUT2D eigenvalue weighted by Gasteiger charge is -2.12. The first kappa shape index (κ1) is 25.5. The molecule has 5 heteroatoms. The number of carboxylic acid groups (broad SMARTS) is 1. The van der Waals surface area contributed by atoms with E-state index in [4.69, 9.17) is 0 Å². The molecule has 0 radical (unpaired) electrons. The zero-order chi connectivity index (χ0) is 23.3. The molecule has 0 fully saturated rings. The second kappa shape index (κ2) is 13.6. The van der Waals surface area contributed by atoms with Gasteiger partial charge in [0, 0.05) is 18.4 Å². The molecule has 0 aliphatic rings. The molecule has 2 rings (SSSR count). The van der Waals surface area contributed by atoms with E-state index < -0.39 is 12.0 Å². The summed E-state index contributed by atoms with van der Waals surface area (Å²) in [6.45, 7) is 5.53. The number of aliphatic carboxylic acids is 1. The highest BCUT2D eigenvalue weighted by atomic mass is 32.2. The summed E-state index contributed by atoms with van der Waals surface area (Å²) in [5, 5.41) is 11.7. The van der Waals surface area contributed by atoms with Crippen LogP contribution in [0.25, 0.3) is 11.1 Å². The largest absolute Gasteiger partial charge is 0.480 e. The van der Waals surface area contributed by atoms with E-state index in [1.54, 1.807) is 0 Å². The Morgan fingerprint density at radius 2 is 1.62 bits per heavy atom. The minimum Gasteiger partial charge on any atom is -0.480 e. The highest BCUT2D eigenvalue weighted by Crippen LogP contribution is 2.21. The molecule has 4 nitrogen and oxygen atoms in total. The number of allylic oxidation sites excluding steroid dienone is 3. The summed E-state index contributed by atoms with van der Waals surface area (Å²) in [6.07, 6.45) is 7.26. The number of carboxylic acids is 1. The Morgan fingerprint density at radius 1 is 0.969 bits per heavy atom. The minimum atomic E-state index is -1.000. The molecule has 0 aliphatic carbocycles. The summed E-state index contributed by atoms with van der Waals surface area (Å²) in [6, 6.07) is 18.3. The summed E-state index contributed by atoms with van der Waals surface area (Å²) in [4.78, 5) is 22.4. The molecule has 0 heterocycles. The average Bonchev–Trinajstić information content (AvgIpc) is 2.77. The van der Waals surface area contributed by atoms with Crippen molar-refractivity contribution in [2.24, 2.45) is 0 Å². The topological polar surface area (TPSA) is 66.4 Å². The van der Waals surface area contributed by atoms with Crippen LogP contribution in [0.15, 0.2) is 77.9 Å². The van der Waals surface area contributed by atoms with Crippen molar-refractivity contribution in [2.75, 3.05) is 11.5 Å². The van der Waals surface area contributed by atoms with Crippen molar-refractivity contribution in [3.05, 3.63) is 83.5 Å². The minimum absolute atomic E-state index is 0.323. The molecule has 170 valence electrons. The van der Waals surface area contributed by atoms with Crippen LogP contribution in [0.2, 0.25) is 0 Å². The Labute approximate surface area is 195 Å². The number of nitrogens with one attached hydrogen (secondary N) is 1. The van der Waals surface area contributed by atoms with Crippen molar-refractivity contribution in [3.8, 4) is 11.1 Å². The third kappa shape index (κ3) is 9.56. The van der Waals surface area contributed by atoms with Crippen LogP contribution in [-0.2, 0) is 16.0 Å². The molecule has 1 amide bonds. The van der Waals surface area contributed by atoms with Gasteiger partial charge in [-0.15, -0.1) is 0 Å². The van der Waals surface area contributed by atoms with E-state index in [-0.39, 0.29) is 5.91 Å². The molecule has 2 N–H and O–H groups in total. The highest BCUT2D eigenvalue weighted by Gasteiger charge is 2.17. The molecular weight excluding hydrogens is 418 g/mol. The molecule has 32 heavy (non-hydrogen) atoms. The van der Waals surface area contributed by atoms with E-state index in [1.807, 2.05) is 6.07 Å². The zero-order valence-corrected chi connectivity index (χ0v) is 20.0. The Morgan fingerprint density at radius 3 is 2.22 bits per heavy atom. The predicted octanol–water partition coefficient (Wildman–Crippen LogP) is 5.89. The molecule has 0 aliphatic heterocycles. The van der Waals surface area contributed by atoms with Crippen molar-refractivity contribution in [2.45, 2.75) is 46.1 Å². The van der Waals surface area contributed by atoms with Crippen molar-refractivity contribution < 1.29 is 14.7 Å². The fourth-order valence-electron chi connectivity index (χ4n) is 3.20. The van der Waals surface area contributed by atoms with Crippen LogP contribution in [0.5, 0.6) is 0 Å². The molecule has 0 saturated heterocycles. The van der Waals surface area contributed by atoms with E-state index >= 15 is 0 Å². The SMILES string of the molecule is CC(=O)N[C@@H](CSC/C=C(\CC=C(C)C)CCc1ccc(-c2ccccc2)cc1)C(=O)O. The number of carbonyl (C=O) groups excluding carboxylic acids is 1. The Balaban J connectivity index is 1.94. The monoisotopic (exact) mass is 451 g/mol. The molecule has 0 unspecified atom stereocenters. The number of aryl methyl sites for hydroxylation is 1. The van der Waals surface area contributed by atoms with E-state index in [0.717, 1.165) is 25.0 Å². The average molecular weight is 452 g/mol. The lowest BCUT2D eigenvalue weighted by Crippen LogP contribution is -2.41. The van der Waals surface area contributed by atoms with Crippen molar-refractivity contribution in [3.63, 3.8) is 0 Å². The van der Waals surface area contributed by atoms with Gasteiger partial charge in [0.2, 0.25) is 5.91 Å². The second-order valence-corrected chi connectivity index (χ2v) is 9.11. The third-order valence-corrected chi connectivity index (χ3v) is 5.99. The van der Waals surface area contributed by atoms with Gasteiger partial charge in [-0.3, -0.25) is 4.79 Å². The fourth-order valence-corrected chi connectivity index (χ4v) is 4.16. The molecule has 2 aromatic carbocycles. The Bertz CT molecular complexity index is 929. The number of benzene rings is 2. The maximum Gasteiger partial charge on any atom is 0.327 e. The first-order valence-electron chi connectivity index (χ1n) is 10.9. The number of rotatable bonds is 12. The van der Waals surface area contributed by atoms with Crippen LogP contribution in [0.3, 0.4) is 0 Å². The molecule has 2 aromatic rings. The summed E-state index contributed by atoms with van der Waals surface area (Å²) >= 11 is 1.52. The quantitative estimate of drug-likeness (QED) is 0.312.